The van der Waals surface area contributed by atoms with Crippen molar-refractivity contribution in [3.63, 3.8) is 0 Å². The Balaban J connectivity index is 1.71. The highest BCUT2D eigenvalue weighted by molar-refractivity contribution is 8.26. The fraction of sp³-hybridized carbons (Fsp3) is 0.250. The predicted octanol–water partition coefficient (Wildman–Crippen LogP) is 4.51. The van der Waals surface area contributed by atoms with Crippen LogP contribution in [0.2, 0.25) is 5.02 Å². The van der Waals surface area contributed by atoms with E-state index in [1.54, 1.807) is 31.5 Å². The van der Waals surface area contributed by atoms with Crippen LogP contribution < -0.4 is 10.9 Å². The van der Waals surface area contributed by atoms with Crippen LogP contribution >= 0.6 is 35.6 Å². The number of carbonyl (C=O) groups is 1. The van der Waals surface area contributed by atoms with Crippen LogP contribution in [0.5, 0.6) is 0 Å². The van der Waals surface area contributed by atoms with Gasteiger partial charge in [0.2, 0.25) is 0 Å². The highest BCUT2D eigenvalue weighted by Gasteiger charge is 2.33. The van der Waals surface area contributed by atoms with E-state index in [0.717, 1.165) is 29.3 Å². The molecular weight excluding hydrogens is 492 g/mol. The first kappa shape index (κ1) is 24.4. The summed E-state index contributed by atoms with van der Waals surface area (Å²) in [5.74, 6) is 0.148. The Hall–Kier alpha value is -2.72. The van der Waals surface area contributed by atoms with Crippen molar-refractivity contribution in [1.82, 2.24) is 14.3 Å². The molecule has 176 valence electrons. The Morgan fingerprint density at radius 2 is 2.03 bits per heavy atom. The number of aromatic nitrogens is 2. The van der Waals surface area contributed by atoms with Crippen LogP contribution in [0.4, 0.5) is 5.82 Å². The van der Waals surface area contributed by atoms with Crippen molar-refractivity contribution < 1.29 is 9.53 Å². The second-order valence-corrected chi connectivity index (χ2v) is 9.83. The predicted molar refractivity (Wildman–Crippen MR) is 141 cm³/mol. The van der Waals surface area contributed by atoms with Crippen LogP contribution in [-0.4, -0.2) is 44.8 Å². The Morgan fingerprint density at radius 3 is 2.79 bits per heavy atom. The number of halogens is 1. The molecule has 0 aliphatic carbocycles. The third-order valence-electron chi connectivity index (χ3n) is 5.26. The second-order valence-electron chi connectivity index (χ2n) is 7.75. The molecule has 0 spiro atoms. The maximum atomic E-state index is 13.4. The number of thioether (sulfide) groups is 1. The maximum absolute atomic E-state index is 13.4. The number of fused-ring (bicyclic) bond motifs is 1. The molecule has 0 radical (unpaired) electrons. The van der Waals surface area contributed by atoms with E-state index in [9.17, 15) is 9.59 Å². The molecule has 1 fully saturated rings. The third-order valence-corrected chi connectivity index (χ3v) is 7.01. The lowest BCUT2D eigenvalue weighted by Gasteiger charge is -2.15. The average molecular weight is 515 g/mol. The van der Waals surface area contributed by atoms with Gasteiger partial charge in [-0.2, -0.15) is 0 Å². The van der Waals surface area contributed by atoms with E-state index in [1.807, 2.05) is 31.2 Å². The van der Waals surface area contributed by atoms with Crippen molar-refractivity contribution in [2.24, 2.45) is 0 Å². The normalized spacial score (nSPS) is 15.0. The lowest BCUT2D eigenvalue weighted by atomic mass is 10.2. The van der Waals surface area contributed by atoms with Gasteiger partial charge in [-0.3, -0.25) is 18.9 Å². The Bertz CT molecular complexity index is 1360. The molecule has 3 aromatic rings. The van der Waals surface area contributed by atoms with Crippen LogP contribution in [0.1, 0.15) is 23.1 Å². The molecule has 0 bridgehead atoms. The SMILES string of the molecule is COCCCNc1nc2ccc(C)cn2c(=O)c1/C=C1/SC(=S)N(Cc2ccccc2Cl)C1=O. The number of ether oxygens (including phenoxy) is 1. The zero-order chi connectivity index (χ0) is 24.2. The van der Waals surface area contributed by atoms with Crippen LogP contribution in [0.15, 0.2) is 52.3 Å². The molecule has 1 saturated heterocycles. The van der Waals surface area contributed by atoms with Crippen LogP contribution in [-0.2, 0) is 16.1 Å². The monoisotopic (exact) mass is 514 g/mol. The van der Waals surface area contributed by atoms with Gasteiger partial charge in [-0.25, -0.2) is 4.98 Å². The Morgan fingerprint density at radius 1 is 1.24 bits per heavy atom. The molecule has 0 atom stereocenters. The van der Waals surface area contributed by atoms with E-state index in [1.165, 1.54) is 9.30 Å². The van der Waals surface area contributed by atoms with Gasteiger partial charge < -0.3 is 10.1 Å². The lowest BCUT2D eigenvalue weighted by molar-refractivity contribution is -0.122. The smallest absolute Gasteiger partial charge is 0.267 e. The van der Waals surface area contributed by atoms with Crippen molar-refractivity contribution in [3.05, 3.63) is 79.6 Å². The molecule has 4 rings (SSSR count). The molecular formula is C24H23ClN4O3S2. The molecule has 1 aliphatic heterocycles. The van der Waals surface area contributed by atoms with Crippen LogP contribution in [0.3, 0.4) is 0 Å². The molecule has 0 unspecified atom stereocenters. The number of benzene rings is 1. The summed E-state index contributed by atoms with van der Waals surface area (Å²) >= 11 is 12.9. The second kappa shape index (κ2) is 10.7. The Kier molecular flexibility index (Phi) is 7.67. The van der Waals surface area contributed by atoms with Gasteiger partial charge in [0, 0.05) is 31.5 Å². The summed E-state index contributed by atoms with van der Waals surface area (Å²) in [4.78, 5) is 33.1. The number of nitrogens with one attached hydrogen (secondary N) is 1. The molecule has 1 N–H and O–H groups in total. The third kappa shape index (κ3) is 5.17. The fourth-order valence-electron chi connectivity index (χ4n) is 3.51. The number of amides is 1. The molecule has 7 nitrogen and oxygen atoms in total. The van der Waals surface area contributed by atoms with Gasteiger partial charge in [-0.1, -0.05) is 59.8 Å². The van der Waals surface area contributed by atoms with Crippen molar-refractivity contribution in [2.75, 3.05) is 25.6 Å². The summed E-state index contributed by atoms with van der Waals surface area (Å²) in [6, 6.07) is 11.0. The minimum atomic E-state index is -0.269. The molecule has 2 aromatic heterocycles. The van der Waals surface area contributed by atoms with E-state index in [-0.39, 0.29) is 18.0 Å². The van der Waals surface area contributed by atoms with E-state index < -0.39 is 0 Å². The highest BCUT2D eigenvalue weighted by atomic mass is 35.5. The number of carbonyl (C=O) groups excluding carboxylic acids is 1. The number of anilines is 1. The molecule has 0 saturated carbocycles. The highest BCUT2D eigenvalue weighted by Crippen LogP contribution is 2.34. The van der Waals surface area contributed by atoms with Crippen molar-refractivity contribution in [2.45, 2.75) is 19.9 Å². The van der Waals surface area contributed by atoms with E-state index in [2.05, 4.69) is 10.3 Å². The number of rotatable bonds is 8. The van der Waals surface area contributed by atoms with E-state index in [4.69, 9.17) is 28.6 Å². The number of aryl methyl sites for hydroxylation is 1. The molecule has 1 aromatic carbocycles. The number of hydrogen-bond donors (Lipinski definition) is 1. The van der Waals surface area contributed by atoms with E-state index >= 15 is 0 Å². The lowest BCUT2D eigenvalue weighted by Crippen LogP contribution is -2.27. The van der Waals surface area contributed by atoms with Crippen LogP contribution in [0.25, 0.3) is 11.7 Å². The maximum Gasteiger partial charge on any atom is 0.267 e. The summed E-state index contributed by atoms with van der Waals surface area (Å²) in [6.07, 6.45) is 4.05. The number of thiocarbonyl (C=S) groups is 1. The fourth-order valence-corrected chi connectivity index (χ4v) is 4.94. The molecule has 1 amide bonds. The molecule has 10 heteroatoms. The first-order chi connectivity index (χ1) is 16.4. The summed E-state index contributed by atoms with van der Waals surface area (Å²) in [5.41, 5.74) is 2.28. The summed E-state index contributed by atoms with van der Waals surface area (Å²) in [5, 5.41) is 3.79. The van der Waals surface area contributed by atoms with Gasteiger partial charge >= 0.3 is 0 Å². The summed E-state index contributed by atoms with van der Waals surface area (Å²) < 4.78 is 7.01. The molecule has 34 heavy (non-hydrogen) atoms. The summed E-state index contributed by atoms with van der Waals surface area (Å²) in [6.45, 7) is 3.31. The quantitative estimate of drug-likeness (QED) is 0.269. The minimum absolute atomic E-state index is 0.262. The summed E-state index contributed by atoms with van der Waals surface area (Å²) in [7, 11) is 1.64. The van der Waals surface area contributed by atoms with Crippen LogP contribution in [0, 0.1) is 6.92 Å². The minimum Gasteiger partial charge on any atom is -0.385 e. The van der Waals surface area contributed by atoms with Crippen molar-refractivity contribution >= 4 is 63.3 Å². The largest absolute Gasteiger partial charge is 0.385 e. The van der Waals surface area contributed by atoms with Gasteiger partial charge in [-0.05, 0) is 42.7 Å². The van der Waals surface area contributed by atoms with Crippen molar-refractivity contribution in [3.8, 4) is 0 Å². The topological polar surface area (TPSA) is 75.9 Å². The van der Waals surface area contributed by atoms with Gasteiger partial charge in [-0.15, -0.1) is 0 Å². The number of hydrogen-bond acceptors (Lipinski definition) is 7. The zero-order valence-corrected chi connectivity index (χ0v) is 21.1. The number of methoxy groups -OCH3 is 1. The van der Waals surface area contributed by atoms with E-state index in [0.29, 0.717) is 44.4 Å². The van der Waals surface area contributed by atoms with Gasteiger partial charge in [0.05, 0.1) is 17.0 Å². The number of pyridine rings is 1. The zero-order valence-electron chi connectivity index (χ0n) is 18.7. The Labute approximate surface area is 211 Å². The standard InChI is InChI=1S/C24H23ClN4O3S2/c1-15-8-9-20-27-21(26-10-5-11-32-2)17(22(30)28(20)13-15)12-19-23(31)29(24(33)34-19)14-16-6-3-4-7-18(16)25/h3-4,6-9,12-13,26H,5,10-11,14H2,1-2H3/b19-12+. The molecule has 1 aliphatic rings. The first-order valence-electron chi connectivity index (χ1n) is 10.6. The molecule has 3 heterocycles. The average Bonchev–Trinajstić information content (AvgIpc) is 3.08. The van der Waals surface area contributed by atoms with Crippen molar-refractivity contribution in [1.29, 1.82) is 0 Å². The number of nitrogens with zero attached hydrogens (tertiary/aromatic N) is 3. The van der Waals surface area contributed by atoms with Gasteiger partial charge in [0.25, 0.3) is 11.5 Å². The van der Waals surface area contributed by atoms with Gasteiger partial charge in [0.1, 0.15) is 15.8 Å². The van der Waals surface area contributed by atoms with Gasteiger partial charge in [0.15, 0.2) is 0 Å². The first-order valence-corrected chi connectivity index (χ1v) is 12.2.